The first-order valence-electron chi connectivity index (χ1n) is 11.1. The van der Waals surface area contributed by atoms with E-state index in [4.69, 9.17) is 4.74 Å². The summed E-state index contributed by atoms with van der Waals surface area (Å²) >= 11 is 0. The van der Waals surface area contributed by atoms with Gasteiger partial charge in [-0.05, 0) is 31.0 Å². The number of urea groups is 1. The van der Waals surface area contributed by atoms with E-state index in [0.29, 0.717) is 37.4 Å². The third-order valence-corrected chi connectivity index (χ3v) is 8.10. The second-order valence-electron chi connectivity index (χ2n) is 8.05. The SMILES string of the molecule is CCN(CC)S(=O)(=O)c1ccc(OC)c(NCC(=O)NN2C(=O)NC3(CCCCC3)C2=O)c1. The topological polar surface area (TPSA) is 137 Å². The number of imide groups is 1. The lowest BCUT2D eigenvalue weighted by Gasteiger charge is -2.30. The average molecular weight is 482 g/mol. The largest absolute Gasteiger partial charge is 0.495 e. The lowest BCUT2D eigenvalue weighted by Crippen LogP contribution is -2.51. The Bertz CT molecular complexity index is 1020. The summed E-state index contributed by atoms with van der Waals surface area (Å²) in [5, 5.41) is 6.29. The Hall–Kier alpha value is -2.86. The highest BCUT2D eigenvalue weighted by Crippen LogP contribution is 2.33. The number of carbonyl (C=O) groups is 3. The van der Waals surface area contributed by atoms with Crippen molar-refractivity contribution in [2.24, 2.45) is 0 Å². The van der Waals surface area contributed by atoms with Crippen LogP contribution in [0.15, 0.2) is 23.1 Å². The third kappa shape index (κ3) is 4.91. The number of nitrogens with zero attached hydrogens (tertiary/aromatic N) is 2. The molecule has 0 atom stereocenters. The van der Waals surface area contributed by atoms with Crippen molar-refractivity contribution in [2.45, 2.75) is 56.4 Å². The number of nitrogens with one attached hydrogen (secondary N) is 3. The van der Waals surface area contributed by atoms with E-state index in [-0.39, 0.29) is 11.4 Å². The van der Waals surface area contributed by atoms with Crippen molar-refractivity contribution in [3.63, 3.8) is 0 Å². The normalized spacial score (nSPS) is 17.9. The molecular weight excluding hydrogens is 450 g/mol. The van der Waals surface area contributed by atoms with Gasteiger partial charge in [0.05, 0.1) is 24.2 Å². The van der Waals surface area contributed by atoms with Crippen molar-refractivity contribution in [1.29, 1.82) is 0 Å². The number of rotatable bonds is 9. The first-order valence-corrected chi connectivity index (χ1v) is 12.5. The smallest absolute Gasteiger partial charge is 0.344 e. The zero-order valence-electron chi connectivity index (χ0n) is 19.1. The summed E-state index contributed by atoms with van der Waals surface area (Å²) in [6.07, 6.45) is 3.77. The van der Waals surface area contributed by atoms with Gasteiger partial charge in [0.2, 0.25) is 10.0 Å². The maximum absolute atomic E-state index is 12.8. The Labute approximate surface area is 193 Å². The number of anilines is 1. The summed E-state index contributed by atoms with van der Waals surface area (Å²) < 4.78 is 32.2. The van der Waals surface area contributed by atoms with E-state index < -0.39 is 33.4 Å². The number of hydrogen-bond donors (Lipinski definition) is 3. The minimum absolute atomic E-state index is 0.0586. The van der Waals surface area contributed by atoms with Crippen LogP contribution in [0, 0.1) is 0 Å². The summed E-state index contributed by atoms with van der Waals surface area (Å²) in [4.78, 5) is 37.7. The number of benzene rings is 1. The van der Waals surface area contributed by atoms with Crippen molar-refractivity contribution in [3.05, 3.63) is 18.2 Å². The van der Waals surface area contributed by atoms with Gasteiger partial charge in [-0.2, -0.15) is 9.31 Å². The fraction of sp³-hybridized carbons (Fsp3) is 0.571. The fourth-order valence-electron chi connectivity index (χ4n) is 4.25. The van der Waals surface area contributed by atoms with Gasteiger partial charge in [0, 0.05) is 13.1 Å². The minimum Gasteiger partial charge on any atom is -0.495 e. The van der Waals surface area contributed by atoms with Gasteiger partial charge in [0.1, 0.15) is 11.3 Å². The molecule has 0 aromatic heterocycles. The summed E-state index contributed by atoms with van der Waals surface area (Å²) in [5.41, 5.74) is 1.70. The molecule has 1 aliphatic heterocycles. The minimum atomic E-state index is -3.70. The zero-order valence-corrected chi connectivity index (χ0v) is 20.0. The number of amides is 4. The van der Waals surface area contributed by atoms with Crippen LogP contribution < -0.4 is 20.8 Å². The molecule has 182 valence electrons. The first kappa shape index (κ1) is 24.8. The van der Waals surface area contributed by atoms with Crippen molar-refractivity contribution < 1.29 is 27.5 Å². The van der Waals surface area contributed by atoms with Crippen molar-refractivity contribution in [1.82, 2.24) is 20.1 Å². The molecule has 1 aromatic rings. The number of ether oxygens (including phenoxy) is 1. The molecule has 1 aromatic carbocycles. The molecule has 1 heterocycles. The molecule has 0 radical (unpaired) electrons. The van der Waals surface area contributed by atoms with Gasteiger partial charge in [0.25, 0.3) is 11.8 Å². The van der Waals surface area contributed by atoms with E-state index in [0.717, 1.165) is 24.3 Å². The molecule has 12 heteroatoms. The number of methoxy groups -OCH3 is 1. The lowest BCUT2D eigenvalue weighted by molar-refractivity contribution is -0.139. The Morgan fingerprint density at radius 2 is 1.85 bits per heavy atom. The molecular formula is C21H31N5O6S. The molecule has 1 spiro atoms. The summed E-state index contributed by atoms with van der Waals surface area (Å²) in [5.74, 6) is -0.742. The maximum Gasteiger partial charge on any atom is 0.344 e. The van der Waals surface area contributed by atoms with Crippen LogP contribution in [-0.2, 0) is 19.6 Å². The predicted octanol–water partition coefficient (Wildman–Crippen LogP) is 1.42. The summed E-state index contributed by atoms with van der Waals surface area (Å²) in [7, 11) is -2.28. The van der Waals surface area contributed by atoms with Crippen LogP contribution in [0.2, 0.25) is 0 Å². The summed E-state index contributed by atoms with van der Waals surface area (Å²) in [6, 6.07) is 3.68. The molecule has 2 fully saturated rings. The molecule has 3 N–H and O–H groups in total. The highest BCUT2D eigenvalue weighted by Gasteiger charge is 2.52. The molecule has 1 saturated heterocycles. The number of carbonyl (C=O) groups excluding carboxylic acids is 3. The molecule has 0 unspecified atom stereocenters. The van der Waals surface area contributed by atoms with E-state index >= 15 is 0 Å². The quantitative estimate of drug-likeness (QED) is 0.454. The van der Waals surface area contributed by atoms with Crippen LogP contribution in [0.25, 0.3) is 0 Å². The van der Waals surface area contributed by atoms with Crippen LogP contribution in [-0.4, -0.2) is 67.9 Å². The van der Waals surface area contributed by atoms with Crippen LogP contribution in [0.1, 0.15) is 46.0 Å². The standard InChI is InChI=1S/C21H31N5O6S/c1-4-25(5-2)33(30,31)15-9-10-17(32-3)16(13-15)22-14-18(27)24-26-19(28)21(23-20(26)29)11-7-6-8-12-21/h9-10,13,22H,4-8,11-12,14H2,1-3H3,(H,23,29)(H,24,27). The van der Waals surface area contributed by atoms with E-state index in [1.807, 2.05) is 0 Å². The average Bonchev–Trinajstić information content (AvgIpc) is 3.02. The van der Waals surface area contributed by atoms with Crippen molar-refractivity contribution in [3.8, 4) is 5.75 Å². The lowest BCUT2D eigenvalue weighted by atomic mass is 9.82. The van der Waals surface area contributed by atoms with Gasteiger partial charge in [0.15, 0.2) is 0 Å². The molecule has 11 nitrogen and oxygen atoms in total. The van der Waals surface area contributed by atoms with E-state index in [9.17, 15) is 22.8 Å². The Morgan fingerprint density at radius 1 is 1.18 bits per heavy atom. The highest BCUT2D eigenvalue weighted by molar-refractivity contribution is 7.89. The molecule has 33 heavy (non-hydrogen) atoms. The predicted molar refractivity (Wildman–Crippen MR) is 121 cm³/mol. The van der Waals surface area contributed by atoms with Gasteiger partial charge >= 0.3 is 6.03 Å². The van der Waals surface area contributed by atoms with Crippen molar-refractivity contribution in [2.75, 3.05) is 32.1 Å². The monoisotopic (exact) mass is 481 g/mol. The fourth-order valence-corrected chi connectivity index (χ4v) is 5.74. The molecule has 0 bridgehead atoms. The van der Waals surface area contributed by atoms with Crippen LogP contribution in [0.5, 0.6) is 5.75 Å². The Morgan fingerprint density at radius 3 is 2.45 bits per heavy atom. The highest BCUT2D eigenvalue weighted by atomic mass is 32.2. The molecule has 1 aliphatic carbocycles. The second kappa shape index (κ2) is 9.96. The molecule has 1 saturated carbocycles. The Balaban J connectivity index is 1.70. The van der Waals surface area contributed by atoms with Gasteiger partial charge in [-0.15, -0.1) is 0 Å². The Kier molecular flexibility index (Phi) is 7.48. The van der Waals surface area contributed by atoms with E-state index in [1.165, 1.54) is 29.6 Å². The van der Waals surface area contributed by atoms with Gasteiger partial charge in [-0.1, -0.05) is 33.1 Å². The van der Waals surface area contributed by atoms with Crippen molar-refractivity contribution >= 4 is 33.6 Å². The first-order chi connectivity index (χ1) is 15.7. The molecule has 2 aliphatic rings. The molecule has 3 rings (SSSR count). The molecule has 4 amide bonds. The summed E-state index contributed by atoms with van der Waals surface area (Å²) in [6.45, 7) is 3.84. The van der Waals surface area contributed by atoms with Crippen LogP contribution in [0.3, 0.4) is 0 Å². The second-order valence-corrected chi connectivity index (χ2v) is 9.99. The number of hydrazine groups is 1. The van der Waals surface area contributed by atoms with Crippen LogP contribution in [0.4, 0.5) is 10.5 Å². The van der Waals surface area contributed by atoms with Gasteiger partial charge in [-0.25, -0.2) is 13.2 Å². The third-order valence-electron chi connectivity index (χ3n) is 6.06. The van der Waals surface area contributed by atoms with E-state index in [1.54, 1.807) is 13.8 Å². The van der Waals surface area contributed by atoms with Gasteiger partial charge < -0.3 is 15.4 Å². The maximum atomic E-state index is 12.8. The van der Waals surface area contributed by atoms with E-state index in [2.05, 4.69) is 16.1 Å². The number of hydrogen-bond acceptors (Lipinski definition) is 7. The van der Waals surface area contributed by atoms with Crippen LogP contribution >= 0.6 is 0 Å². The number of sulfonamides is 1. The zero-order chi connectivity index (χ0) is 24.2. The van der Waals surface area contributed by atoms with Gasteiger partial charge in [-0.3, -0.25) is 15.0 Å².